The van der Waals surface area contributed by atoms with Crippen molar-refractivity contribution in [2.24, 2.45) is 0 Å². The summed E-state index contributed by atoms with van der Waals surface area (Å²) in [5.41, 5.74) is 1.13. The molecule has 1 N–H and O–H groups in total. The van der Waals surface area contributed by atoms with Gasteiger partial charge in [0.1, 0.15) is 0 Å². The molecule has 16 heavy (non-hydrogen) atoms. The average Bonchev–Trinajstić information content (AvgIpc) is 2.81. The van der Waals surface area contributed by atoms with E-state index in [0.29, 0.717) is 16.8 Å². The zero-order valence-corrected chi connectivity index (χ0v) is 10.3. The van der Waals surface area contributed by atoms with Crippen molar-refractivity contribution in [3.63, 3.8) is 0 Å². The maximum absolute atomic E-state index is 6.06. The highest BCUT2D eigenvalue weighted by molar-refractivity contribution is 6.32. The zero-order valence-electron chi connectivity index (χ0n) is 9.55. The summed E-state index contributed by atoms with van der Waals surface area (Å²) in [5.74, 6) is 1.37. The van der Waals surface area contributed by atoms with Crippen LogP contribution in [-0.4, -0.2) is 20.8 Å². The van der Waals surface area contributed by atoms with Crippen molar-refractivity contribution in [2.75, 3.05) is 20.8 Å². The van der Waals surface area contributed by atoms with E-state index in [-0.39, 0.29) is 0 Å². The molecule has 0 amide bonds. The van der Waals surface area contributed by atoms with Gasteiger partial charge < -0.3 is 14.8 Å². The van der Waals surface area contributed by atoms with Crippen molar-refractivity contribution in [3.05, 3.63) is 22.7 Å². The minimum atomic E-state index is 0.348. The molecular weight excluding hydrogens is 226 g/mol. The van der Waals surface area contributed by atoms with Crippen LogP contribution >= 0.6 is 11.6 Å². The Hall–Kier alpha value is -0.930. The minimum Gasteiger partial charge on any atom is -0.492 e. The Morgan fingerprint density at radius 3 is 2.56 bits per heavy atom. The minimum absolute atomic E-state index is 0.348. The molecule has 1 aromatic carbocycles. The molecule has 1 aliphatic heterocycles. The molecule has 1 aliphatic rings. The predicted octanol–water partition coefficient (Wildman–Crippen LogP) is 2.78. The number of halogens is 1. The molecule has 1 unspecified atom stereocenters. The monoisotopic (exact) mass is 241 g/mol. The average molecular weight is 242 g/mol. The van der Waals surface area contributed by atoms with Crippen LogP contribution in [0.2, 0.25) is 5.02 Å². The fourth-order valence-electron chi connectivity index (χ4n) is 2.18. The summed E-state index contributed by atoms with van der Waals surface area (Å²) in [4.78, 5) is 0. The van der Waals surface area contributed by atoms with Crippen molar-refractivity contribution in [1.29, 1.82) is 0 Å². The summed E-state index contributed by atoms with van der Waals surface area (Å²) in [6.45, 7) is 1.05. The van der Waals surface area contributed by atoms with Gasteiger partial charge in [-0.25, -0.2) is 0 Å². The van der Waals surface area contributed by atoms with Crippen molar-refractivity contribution in [3.8, 4) is 11.5 Å². The van der Waals surface area contributed by atoms with E-state index in [1.165, 1.54) is 6.42 Å². The van der Waals surface area contributed by atoms with Gasteiger partial charge in [-0.05, 0) is 25.5 Å². The lowest BCUT2D eigenvalue weighted by atomic mass is 10.0. The highest BCUT2D eigenvalue weighted by Crippen LogP contribution is 2.41. The fraction of sp³-hybridized carbons (Fsp3) is 0.500. The summed E-state index contributed by atoms with van der Waals surface area (Å²) in [6.07, 6.45) is 2.32. The zero-order chi connectivity index (χ0) is 11.5. The van der Waals surface area contributed by atoms with Crippen molar-refractivity contribution < 1.29 is 9.47 Å². The van der Waals surface area contributed by atoms with Gasteiger partial charge in [-0.3, -0.25) is 0 Å². The van der Waals surface area contributed by atoms with E-state index in [9.17, 15) is 0 Å². The van der Waals surface area contributed by atoms with E-state index in [1.807, 2.05) is 12.1 Å². The first-order valence-corrected chi connectivity index (χ1v) is 5.79. The van der Waals surface area contributed by atoms with Crippen LogP contribution in [0.5, 0.6) is 11.5 Å². The SMILES string of the molecule is COc1c(Cl)ccc(C2CCCN2)c1OC. The second-order valence-corrected chi connectivity index (χ2v) is 4.26. The maximum Gasteiger partial charge on any atom is 0.179 e. The molecule has 2 rings (SSSR count). The molecule has 1 atom stereocenters. The summed E-state index contributed by atoms with van der Waals surface area (Å²) < 4.78 is 10.7. The molecule has 0 aliphatic carbocycles. The van der Waals surface area contributed by atoms with Gasteiger partial charge in [-0.2, -0.15) is 0 Å². The smallest absolute Gasteiger partial charge is 0.179 e. The quantitative estimate of drug-likeness (QED) is 0.883. The van der Waals surface area contributed by atoms with Crippen LogP contribution in [-0.2, 0) is 0 Å². The second-order valence-electron chi connectivity index (χ2n) is 3.85. The largest absolute Gasteiger partial charge is 0.492 e. The molecular formula is C12H16ClNO2. The molecule has 0 radical (unpaired) electrons. The van der Waals surface area contributed by atoms with E-state index in [1.54, 1.807) is 14.2 Å². The van der Waals surface area contributed by atoms with Crippen molar-refractivity contribution >= 4 is 11.6 Å². The highest BCUT2D eigenvalue weighted by Gasteiger charge is 2.23. The van der Waals surface area contributed by atoms with E-state index in [4.69, 9.17) is 21.1 Å². The molecule has 0 spiro atoms. The molecule has 1 saturated heterocycles. The predicted molar refractivity (Wildman–Crippen MR) is 64.5 cm³/mol. The Bertz CT molecular complexity index is 376. The molecule has 1 fully saturated rings. The lowest BCUT2D eigenvalue weighted by molar-refractivity contribution is 0.348. The first-order valence-electron chi connectivity index (χ1n) is 5.41. The summed E-state index contributed by atoms with van der Waals surface area (Å²) in [7, 11) is 3.25. The Morgan fingerprint density at radius 1 is 1.25 bits per heavy atom. The lowest BCUT2D eigenvalue weighted by Crippen LogP contribution is -2.14. The Kier molecular flexibility index (Phi) is 3.56. The molecule has 0 saturated carbocycles. The van der Waals surface area contributed by atoms with Crippen LogP contribution in [0.3, 0.4) is 0 Å². The third-order valence-corrected chi connectivity index (χ3v) is 3.24. The number of hydrogen-bond acceptors (Lipinski definition) is 3. The third-order valence-electron chi connectivity index (χ3n) is 2.94. The van der Waals surface area contributed by atoms with Gasteiger partial charge in [-0.15, -0.1) is 0 Å². The van der Waals surface area contributed by atoms with Crippen LogP contribution in [0.1, 0.15) is 24.4 Å². The molecule has 1 aromatic rings. The van der Waals surface area contributed by atoms with Crippen LogP contribution in [0.15, 0.2) is 12.1 Å². The summed E-state index contributed by atoms with van der Waals surface area (Å²) >= 11 is 6.06. The molecule has 0 bridgehead atoms. The Balaban J connectivity index is 2.43. The topological polar surface area (TPSA) is 30.5 Å². The maximum atomic E-state index is 6.06. The lowest BCUT2D eigenvalue weighted by Gasteiger charge is -2.18. The first-order chi connectivity index (χ1) is 7.77. The van der Waals surface area contributed by atoms with E-state index >= 15 is 0 Å². The molecule has 1 heterocycles. The first kappa shape index (κ1) is 11.6. The highest BCUT2D eigenvalue weighted by atomic mass is 35.5. The van der Waals surface area contributed by atoms with E-state index in [2.05, 4.69) is 5.32 Å². The van der Waals surface area contributed by atoms with Gasteiger partial charge in [0, 0.05) is 11.6 Å². The van der Waals surface area contributed by atoms with Crippen LogP contribution in [0.25, 0.3) is 0 Å². The molecule has 4 heteroatoms. The van der Waals surface area contributed by atoms with E-state index in [0.717, 1.165) is 24.3 Å². The summed E-state index contributed by atoms with van der Waals surface area (Å²) in [6, 6.07) is 4.21. The number of ether oxygens (including phenoxy) is 2. The van der Waals surface area contributed by atoms with Crippen LogP contribution in [0, 0.1) is 0 Å². The van der Waals surface area contributed by atoms with E-state index < -0.39 is 0 Å². The fourth-order valence-corrected chi connectivity index (χ4v) is 2.40. The molecule has 3 nitrogen and oxygen atoms in total. The summed E-state index contributed by atoms with van der Waals surface area (Å²) in [5, 5.41) is 4.02. The second kappa shape index (κ2) is 4.93. The van der Waals surface area contributed by atoms with Crippen molar-refractivity contribution in [1.82, 2.24) is 5.32 Å². The van der Waals surface area contributed by atoms with Gasteiger partial charge >= 0.3 is 0 Å². The van der Waals surface area contributed by atoms with Gasteiger partial charge in [0.15, 0.2) is 11.5 Å². The number of hydrogen-bond donors (Lipinski definition) is 1. The van der Waals surface area contributed by atoms with Gasteiger partial charge in [-0.1, -0.05) is 17.7 Å². The van der Waals surface area contributed by atoms with Gasteiger partial charge in [0.25, 0.3) is 0 Å². The van der Waals surface area contributed by atoms with Crippen LogP contribution < -0.4 is 14.8 Å². The Morgan fingerprint density at radius 2 is 2.00 bits per heavy atom. The van der Waals surface area contributed by atoms with Crippen molar-refractivity contribution in [2.45, 2.75) is 18.9 Å². The van der Waals surface area contributed by atoms with Gasteiger partial charge in [0.2, 0.25) is 0 Å². The van der Waals surface area contributed by atoms with Gasteiger partial charge in [0.05, 0.1) is 19.2 Å². The standard InChI is InChI=1S/C12H16ClNO2/c1-15-11-8(10-4-3-7-14-10)5-6-9(13)12(11)16-2/h5-6,10,14H,3-4,7H2,1-2H3. The normalized spacial score (nSPS) is 19.8. The number of rotatable bonds is 3. The Labute approximate surface area is 101 Å². The number of methoxy groups -OCH3 is 2. The van der Waals surface area contributed by atoms with Crippen LogP contribution in [0.4, 0.5) is 0 Å². The molecule has 0 aromatic heterocycles. The number of benzene rings is 1. The number of nitrogens with one attached hydrogen (secondary N) is 1. The third kappa shape index (κ3) is 1.97. The molecule has 88 valence electrons.